The Hall–Kier alpha value is -2.38. The number of carbonyl (C=O) groups excluding carboxylic acids is 1. The van der Waals surface area contributed by atoms with Crippen LogP contribution in [-0.2, 0) is 12.0 Å². The third-order valence-electron chi connectivity index (χ3n) is 4.35. The summed E-state index contributed by atoms with van der Waals surface area (Å²) in [7, 11) is 0. The summed E-state index contributed by atoms with van der Waals surface area (Å²) in [6, 6.07) is 3.57. The largest absolute Gasteiger partial charge is 0.488 e. The molecule has 1 aromatic carbocycles. The fourth-order valence-corrected chi connectivity index (χ4v) is 3.79. The van der Waals surface area contributed by atoms with Crippen LogP contribution in [0.25, 0.3) is 11.0 Å². The molecule has 0 aliphatic heterocycles. The standard InChI is InChI=1S/C19H22N2O4S/c1-10-15(18(20)23)16-13(25-10)5-6-14(17(16)19(3,4)9-22)24-8-12-7-21-11(2)26-12/h5-7,22H,8-9H2,1-4H3,(H2,20,23). The number of fused-ring (bicyclic) bond motifs is 1. The van der Waals surface area contributed by atoms with Crippen molar-refractivity contribution in [3.8, 4) is 5.75 Å². The van der Waals surface area contributed by atoms with Crippen LogP contribution in [-0.4, -0.2) is 22.6 Å². The van der Waals surface area contributed by atoms with Crippen LogP contribution < -0.4 is 10.5 Å². The molecule has 1 amide bonds. The molecule has 26 heavy (non-hydrogen) atoms. The summed E-state index contributed by atoms with van der Waals surface area (Å²) >= 11 is 1.56. The summed E-state index contributed by atoms with van der Waals surface area (Å²) in [6.07, 6.45) is 1.78. The van der Waals surface area contributed by atoms with Crippen LogP contribution in [0.4, 0.5) is 0 Å². The molecule has 3 aromatic rings. The summed E-state index contributed by atoms with van der Waals surface area (Å²) in [4.78, 5) is 17.2. The van der Waals surface area contributed by atoms with Crippen LogP contribution in [0.5, 0.6) is 5.75 Å². The van der Waals surface area contributed by atoms with Gasteiger partial charge < -0.3 is 20.0 Å². The second kappa shape index (κ2) is 6.74. The molecule has 2 heterocycles. The summed E-state index contributed by atoms with van der Waals surface area (Å²) in [5, 5.41) is 11.5. The van der Waals surface area contributed by atoms with E-state index in [1.54, 1.807) is 36.6 Å². The van der Waals surface area contributed by atoms with Crippen molar-refractivity contribution in [2.75, 3.05) is 6.61 Å². The highest BCUT2D eigenvalue weighted by Crippen LogP contribution is 2.41. The van der Waals surface area contributed by atoms with Crippen LogP contribution in [0.3, 0.4) is 0 Å². The molecule has 0 radical (unpaired) electrons. The zero-order valence-corrected chi connectivity index (χ0v) is 16.1. The van der Waals surface area contributed by atoms with Gasteiger partial charge in [0.1, 0.15) is 23.7 Å². The van der Waals surface area contributed by atoms with Gasteiger partial charge >= 0.3 is 0 Å². The molecule has 6 nitrogen and oxygen atoms in total. The maximum atomic E-state index is 12.0. The first-order valence-electron chi connectivity index (χ1n) is 8.26. The Morgan fingerprint density at radius 2 is 2.12 bits per heavy atom. The van der Waals surface area contributed by atoms with Crippen molar-refractivity contribution in [2.45, 2.75) is 39.7 Å². The number of carbonyl (C=O) groups is 1. The second-order valence-corrected chi connectivity index (χ2v) is 8.20. The fraction of sp³-hybridized carbons (Fsp3) is 0.368. The Morgan fingerprint density at radius 1 is 1.38 bits per heavy atom. The molecule has 0 spiro atoms. The van der Waals surface area contributed by atoms with Gasteiger partial charge in [-0.25, -0.2) is 4.98 Å². The first-order chi connectivity index (χ1) is 12.2. The predicted octanol–water partition coefficient (Wildman–Crippen LogP) is 3.45. The maximum absolute atomic E-state index is 12.0. The van der Waals surface area contributed by atoms with Crippen molar-refractivity contribution in [1.29, 1.82) is 0 Å². The number of rotatable bonds is 6. The average molecular weight is 374 g/mol. The molecule has 3 rings (SSSR count). The number of aliphatic hydroxyl groups excluding tert-OH is 1. The van der Waals surface area contributed by atoms with E-state index in [0.29, 0.717) is 40.2 Å². The summed E-state index contributed by atoms with van der Waals surface area (Å²) in [6.45, 7) is 7.65. The van der Waals surface area contributed by atoms with E-state index in [4.69, 9.17) is 14.9 Å². The molecule has 0 saturated heterocycles. The third-order valence-corrected chi connectivity index (χ3v) is 5.24. The van der Waals surface area contributed by atoms with Crippen molar-refractivity contribution < 1.29 is 19.1 Å². The normalized spacial score (nSPS) is 11.9. The van der Waals surface area contributed by atoms with Gasteiger partial charge in [-0.3, -0.25) is 4.79 Å². The van der Waals surface area contributed by atoms with E-state index in [-0.39, 0.29) is 6.61 Å². The van der Waals surface area contributed by atoms with Gasteiger partial charge in [0.15, 0.2) is 0 Å². The lowest BCUT2D eigenvalue weighted by Crippen LogP contribution is -2.24. The Bertz CT molecular complexity index is 971. The number of amides is 1. The number of ether oxygens (including phenoxy) is 1. The molecular weight excluding hydrogens is 352 g/mol. The summed E-state index contributed by atoms with van der Waals surface area (Å²) in [5.41, 5.74) is 6.53. The molecule has 0 aliphatic rings. The quantitative estimate of drug-likeness (QED) is 0.688. The van der Waals surface area contributed by atoms with Crippen LogP contribution in [0.2, 0.25) is 0 Å². The Kier molecular flexibility index (Phi) is 4.77. The van der Waals surface area contributed by atoms with Crippen molar-refractivity contribution in [2.24, 2.45) is 5.73 Å². The van der Waals surface area contributed by atoms with Crippen molar-refractivity contribution in [1.82, 2.24) is 4.98 Å². The third kappa shape index (κ3) is 3.20. The number of nitrogens with two attached hydrogens (primary N) is 1. The number of furan rings is 1. The van der Waals surface area contributed by atoms with E-state index in [1.165, 1.54) is 0 Å². The van der Waals surface area contributed by atoms with Crippen molar-refractivity contribution >= 4 is 28.2 Å². The van der Waals surface area contributed by atoms with E-state index in [1.807, 2.05) is 20.8 Å². The minimum Gasteiger partial charge on any atom is -0.488 e. The topological polar surface area (TPSA) is 98.6 Å². The van der Waals surface area contributed by atoms with Crippen LogP contribution in [0.1, 0.15) is 45.4 Å². The summed E-state index contributed by atoms with van der Waals surface area (Å²) in [5.74, 6) is 0.482. The Labute approximate surface area is 155 Å². The highest BCUT2D eigenvalue weighted by Gasteiger charge is 2.31. The lowest BCUT2D eigenvalue weighted by Gasteiger charge is -2.26. The lowest BCUT2D eigenvalue weighted by atomic mass is 9.81. The van der Waals surface area contributed by atoms with E-state index in [0.717, 1.165) is 9.88 Å². The molecule has 0 saturated carbocycles. The van der Waals surface area contributed by atoms with E-state index >= 15 is 0 Å². The summed E-state index contributed by atoms with van der Waals surface area (Å²) < 4.78 is 11.8. The van der Waals surface area contributed by atoms with Gasteiger partial charge in [-0.2, -0.15) is 0 Å². The highest BCUT2D eigenvalue weighted by atomic mass is 32.1. The van der Waals surface area contributed by atoms with E-state index < -0.39 is 11.3 Å². The molecule has 0 bridgehead atoms. The van der Waals surface area contributed by atoms with E-state index in [9.17, 15) is 9.90 Å². The van der Waals surface area contributed by atoms with Gasteiger partial charge in [-0.05, 0) is 26.0 Å². The van der Waals surface area contributed by atoms with Crippen molar-refractivity contribution in [3.63, 3.8) is 0 Å². The van der Waals surface area contributed by atoms with Crippen LogP contribution in [0.15, 0.2) is 22.7 Å². The van der Waals surface area contributed by atoms with Gasteiger partial charge in [0.05, 0.1) is 22.1 Å². The number of benzene rings is 1. The predicted molar refractivity (Wildman–Crippen MR) is 101 cm³/mol. The first kappa shape index (κ1) is 18.4. The first-order valence-corrected chi connectivity index (χ1v) is 9.07. The fourth-order valence-electron chi connectivity index (χ4n) is 3.08. The number of aliphatic hydroxyl groups is 1. The number of hydrogen-bond acceptors (Lipinski definition) is 6. The highest BCUT2D eigenvalue weighted by molar-refractivity contribution is 7.11. The monoisotopic (exact) mass is 374 g/mol. The number of aromatic nitrogens is 1. The van der Waals surface area contributed by atoms with Crippen LogP contribution >= 0.6 is 11.3 Å². The molecule has 3 N–H and O–H groups in total. The average Bonchev–Trinajstić information content (AvgIpc) is 3.14. The molecule has 7 heteroatoms. The molecule has 0 fully saturated rings. The smallest absolute Gasteiger partial charge is 0.252 e. The molecule has 0 unspecified atom stereocenters. The van der Waals surface area contributed by atoms with Crippen molar-refractivity contribution in [3.05, 3.63) is 45.1 Å². The Balaban J connectivity index is 2.17. The number of primary amides is 1. The zero-order chi connectivity index (χ0) is 19.1. The molecule has 0 aliphatic carbocycles. The lowest BCUT2D eigenvalue weighted by molar-refractivity contribution is 0.1000. The van der Waals surface area contributed by atoms with Gasteiger partial charge in [-0.15, -0.1) is 11.3 Å². The molecule has 2 aromatic heterocycles. The van der Waals surface area contributed by atoms with Gasteiger partial charge in [0.2, 0.25) is 0 Å². The number of thiazole rings is 1. The number of aryl methyl sites for hydroxylation is 2. The molecule has 0 atom stereocenters. The maximum Gasteiger partial charge on any atom is 0.252 e. The zero-order valence-electron chi connectivity index (χ0n) is 15.3. The Morgan fingerprint density at radius 3 is 2.69 bits per heavy atom. The number of hydrogen-bond donors (Lipinski definition) is 2. The second-order valence-electron chi connectivity index (χ2n) is 6.89. The molecule has 138 valence electrons. The van der Waals surface area contributed by atoms with E-state index in [2.05, 4.69) is 4.98 Å². The van der Waals surface area contributed by atoms with Gasteiger partial charge in [0.25, 0.3) is 5.91 Å². The van der Waals surface area contributed by atoms with Crippen LogP contribution in [0, 0.1) is 13.8 Å². The number of nitrogens with zero attached hydrogens (tertiary/aromatic N) is 1. The minimum atomic E-state index is -0.654. The SMILES string of the molecule is Cc1ncc(COc2ccc3oc(C)c(C(N)=O)c3c2C(C)(C)CO)s1. The minimum absolute atomic E-state index is 0.120. The molecular formula is C19H22N2O4S. The van der Waals surface area contributed by atoms with Gasteiger partial charge in [0, 0.05) is 22.6 Å². The van der Waals surface area contributed by atoms with Gasteiger partial charge in [-0.1, -0.05) is 13.8 Å².